The Labute approximate surface area is 189 Å². The molecule has 5 aromatic rings. The van der Waals surface area contributed by atoms with E-state index in [4.69, 9.17) is 9.84 Å². The van der Waals surface area contributed by atoms with Crippen LogP contribution in [0.3, 0.4) is 0 Å². The number of aromatic nitrogens is 2. The molecule has 0 spiro atoms. The first-order chi connectivity index (χ1) is 15.7. The van der Waals surface area contributed by atoms with E-state index >= 15 is 0 Å². The van der Waals surface area contributed by atoms with Crippen molar-refractivity contribution in [1.29, 1.82) is 0 Å². The zero-order chi connectivity index (χ0) is 22.1. The first-order valence-electron chi connectivity index (χ1n) is 11.3. The van der Waals surface area contributed by atoms with E-state index in [1.807, 2.05) is 12.1 Å². The average Bonchev–Trinajstić information content (AvgIpc) is 3.29. The molecule has 0 atom stereocenters. The highest BCUT2D eigenvalue weighted by Crippen LogP contribution is 2.37. The van der Waals surface area contributed by atoms with Gasteiger partial charge in [-0.25, -0.2) is 4.52 Å². The van der Waals surface area contributed by atoms with Gasteiger partial charge in [0.25, 0.3) is 0 Å². The number of hydrogen-bond donors (Lipinski definition) is 0. The van der Waals surface area contributed by atoms with E-state index in [0.717, 1.165) is 41.8 Å². The maximum absolute atomic E-state index is 5.33. The van der Waals surface area contributed by atoms with Gasteiger partial charge in [0.1, 0.15) is 5.75 Å². The molecular weight excluding hydrogens is 392 g/mol. The molecule has 0 aliphatic heterocycles. The maximum atomic E-state index is 5.33. The Balaban J connectivity index is 1.82. The Morgan fingerprint density at radius 2 is 1.53 bits per heavy atom. The number of benzene rings is 3. The van der Waals surface area contributed by atoms with Crippen molar-refractivity contribution in [3.05, 3.63) is 90.1 Å². The molecular formula is C29H28N2O. The molecule has 5 rings (SSSR count). The third kappa shape index (κ3) is 3.54. The van der Waals surface area contributed by atoms with E-state index in [2.05, 4.69) is 85.1 Å². The van der Waals surface area contributed by atoms with Crippen molar-refractivity contribution in [2.45, 2.75) is 33.1 Å². The minimum absolute atomic E-state index is 0.855. The van der Waals surface area contributed by atoms with Gasteiger partial charge in [-0.2, -0.15) is 5.10 Å². The van der Waals surface area contributed by atoms with Gasteiger partial charge in [-0.3, -0.25) is 0 Å². The number of pyridine rings is 1. The van der Waals surface area contributed by atoms with Crippen molar-refractivity contribution in [2.24, 2.45) is 0 Å². The minimum Gasteiger partial charge on any atom is -0.497 e. The molecule has 3 aromatic carbocycles. The smallest absolute Gasteiger partial charge is 0.118 e. The van der Waals surface area contributed by atoms with E-state index in [-0.39, 0.29) is 0 Å². The molecule has 0 radical (unpaired) electrons. The summed E-state index contributed by atoms with van der Waals surface area (Å²) in [5.41, 5.74) is 8.34. The minimum atomic E-state index is 0.855. The molecule has 0 N–H and O–H groups in total. The fourth-order valence-electron chi connectivity index (χ4n) is 4.48. The lowest BCUT2D eigenvalue weighted by atomic mass is 9.94. The van der Waals surface area contributed by atoms with E-state index in [1.165, 1.54) is 33.2 Å². The molecule has 0 fully saturated rings. The summed E-state index contributed by atoms with van der Waals surface area (Å²) >= 11 is 0. The van der Waals surface area contributed by atoms with E-state index < -0.39 is 0 Å². The Bertz CT molecular complexity index is 1380. The summed E-state index contributed by atoms with van der Waals surface area (Å²) in [7, 11) is 1.69. The van der Waals surface area contributed by atoms with Crippen molar-refractivity contribution in [3.8, 4) is 28.1 Å². The first kappa shape index (κ1) is 20.3. The second kappa shape index (κ2) is 8.51. The highest BCUT2D eigenvalue weighted by molar-refractivity contribution is 6.06. The number of hydrogen-bond acceptors (Lipinski definition) is 2. The monoisotopic (exact) mass is 420 g/mol. The van der Waals surface area contributed by atoms with Gasteiger partial charge in [0, 0.05) is 16.5 Å². The molecule has 160 valence electrons. The van der Waals surface area contributed by atoms with Crippen LogP contribution in [0.2, 0.25) is 0 Å². The molecule has 3 heteroatoms. The lowest BCUT2D eigenvalue weighted by Crippen LogP contribution is -2.04. The number of fused-ring (bicyclic) bond motifs is 3. The summed E-state index contributed by atoms with van der Waals surface area (Å²) in [4.78, 5) is 0. The number of aryl methyl sites for hydroxylation is 2. The SMILES string of the molecule is CCCCc1c(-c2ccc(C)cc2)c2ccccc2c2cc(-c3ccc(OC)cc3)nn12. The summed E-state index contributed by atoms with van der Waals surface area (Å²) < 4.78 is 7.52. The topological polar surface area (TPSA) is 26.5 Å². The molecule has 2 heterocycles. The molecule has 2 aromatic heterocycles. The van der Waals surface area contributed by atoms with Crippen molar-refractivity contribution >= 4 is 16.3 Å². The van der Waals surface area contributed by atoms with Gasteiger partial charge in [-0.15, -0.1) is 0 Å². The fourth-order valence-corrected chi connectivity index (χ4v) is 4.48. The Morgan fingerprint density at radius 3 is 2.22 bits per heavy atom. The quantitative estimate of drug-likeness (QED) is 0.285. The fraction of sp³-hybridized carbons (Fsp3) is 0.207. The number of unbranched alkanes of at least 4 members (excludes halogenated alkanes) is 1. The third-order valence-electron chi connectivity index (χ3n) is 6.22. The summed E-state index contributed by atoms with van der Waals surface area (Å²) in [6.45, 7) is 4.38. The molecule has 32 heavy (non-hydrogen) atoms. The zero-order valence-electron chi connectivity index (χ0n) is 18.9. The van der Waals surface area contributed by atoms with Gasteiger partial charge in [0.05, 0.1) is 24.0 Å². The Kier molecular flexibility index (Phi) is 5.40. The van der Waals surface area contributed by atoms with Gasteiger partial charge in [-0.1, -0.05) is 67.4 Å². The highest BCUT2D eigenvalue weighted by Gasteiger charge is 2.18. The van der Waals surface area contributed by atoms with Gasteiger partial charge in [0.15, 0.2) is 0 Å². The molecule has 0 saturated carbocycles. The number of ether oxygens (including phenoxy) is 1. The standard InChI is InChI=1S/C29H28N2O/c1-4-5-10-27-29(22-13-11-20(2)12-14-22)25-9-7-6-8-24(25)28-19-26(30-31(27)28)21-15-17-23(32-3)18-16-21/h6-9,11-19H,4-5,10H2,1-3H3. The number of methoxy groups -OCH3 is 1. The van der Waals surface area contributed by atoms with Crippen LogP contribution in [0.25, 0.3) is 38.7 Å². The van der Waals surface area contributed by atoms with Crippen LogP contribution in [0.1, 0.15) is 31.0 Å². The number of nitrogens with zero attached hydrogens (tertiary/aromatic N) is 2. The van der Waals surface area contributed by atoms with Crippen LogP contribution in [-0.2, 0) is 6.42 Å². The molecule has 0 aliphatic rings. The predicted molar refractivity (Wildman–Crippen MR) is 133 cm³/mol. The summed E-state index contributed by atoms with van der Waals surface area (Å²) in [5, 5.41) is 7.64. The molecule has 0 amide bonds. The van der Waals surface area contributed by atoms with E-state index in [1.54, 1.807) is 7.11 Å². The van der Waals surface area contributed by atoms with Crippen molar-refractivity contribution < 1.29 is 4.74 Å². The van der Waals surface area contributed by atoms with E-state index in [0.29, 0.717) is 0 Å². The second-order valence-electron chi connectivity index (χ2n) is 8.39. The van der Waals surface area contributed by atoms with Crippen LogP contribution in [0, 0.1) is 6.92 Å². The van der Waals surface area contributed by atoms with Gasteiger partial charge >= 0.3 is 0 Å². The summed E-state index contributed by atoms with van der Waals surface area (Å²) in [6, 6.07) is 28.0. The van der Waals surface area contributed by atoms with Crippen LogP contribution < -0.4 is 4.74 Å². The van der Waals surface area contributed by atoms with Gasteiger partial charge in [-0.05, 0) is 61.0 Å². The van der Waals surface area contributed by atoms with E-state index in [9.17, 15) is 0 Å². The molecule has 0 aliphatic carbocycles. The van der Waals surface area contributed by atoms with Crippen molar-refractivity contribution in [2.75, 3.05) is 7.11 Å². The van der Waals surface area contributed by atoms with Gasteiger partial charge < -0.3 is 4.74 Å². The largest absolute Gasteiger partial charge is 0.497 e. The van der Waals surface area contributed by atoms with Crippen LogP contribution in [0.5, 0.6) is 5.75 Å². The normalized spacial score (nSPS) is 11.3. The molecule has 0 bridgehead atoms. The third-order valence-corrected chi connectivity index (χ3v) is 6.22. The van der Waals surface area contributed by atoms with Crippen LogP contribution >= 0.6 is 0 Å². The lowest BCUT2D eigenvalue weighted by Gasteiger charge is -2.16. The Morgan fingerprint density at radius 1 is 0.844 bits per heavy atom. The Hall–Kier alpha value is -3.59. The second-order valence-corrected chi connectivity index (χ2v) is 8.39. The zero-order valence-corrected chi connectivity index (χ0v) is 18.9. The highest BCUT2D eigenvalue weighted by atomic mass is 16.5. The first-order valence-corrected chi connectivity index (χ1v) is 11.3. The van der Waals surface area contributed by atoms with Gasteiger partial charge in [0.2, 0.25) is 0 Å². The summed E-state index contributed by atoms with van der Waals surface area (Å²) in [6.07, 6.45) is 3.27. The lowest BCUT2D eigenvalue weighted by molar-refractivity contribution is 0.415. The summed E-state index contributed by atoms with van der Waals surface area (Å²) in [5.74, 6) is 0.855. The average molecular weight is 421 g/mol. The molecule has 0 unspecified atom stereocenters. The van der Waals surface area contributed by atoms with Crippen molar-refractivity contribution in [1.82, 2.24) is 9.61 Å². The predicted octanol–water partition coefficient (Wildman–Crippen LogP) is 7.48. The van der Waals surface area contributed by atoms with Crippen LogP contribution in [-0.4, -0.2) is 16.7 Å². The molecule has 3 nitrogen and oxygen atoms in total. The van der Waals surface area contributed by atoms with Crippen molar-refractivity contribution in [3.63, 3.8) is 0 Å². The van der Waals surface area contributed by atoms with Crippen LogP contribution in [0.4, 0.5) is 0 Å². The number of rotatable bonds is 6. The van der Waals surface area contributed by atoms with Crippen LogP contribution in [0.15, 0.2) is 78.9 Å². The molecule has 0 saturated heterocycles. The maximum Gasteiger partial charge on any atom is 0.118 e.